The number of pyridine rings is 1. The van der Waals surface area contributed by atoms with E-state index in [1.54, 1.807) is 6.92 Å². The zero-order valence-electron chi connectivity index (χ0n) is 11.3. The third-order valence-corrected chi connectivity index (χ3v) is 3.56. The van der Waals surface area contributed by atoms with Gasteiger partial charge in [-0.1, -0.05) is 13.8 Å². The van der Waals surface area contributed by atoms with Gasteiger partial charge in [0.15, 0.2) is 5.84 Å². The summed E-state index contributed by atoms with van der Waals surface area (Å²) in [6.07, 6.45) is 1.26. The Kier molecular flexibility index (Phi) is 3.21. The van der Waals surface area contributed by atoms with E-state index in [9.17, 15) is 14.7 Å². The molecule has 1 aromatic heterocycles. The average Bonchev–Trinajstić information content (AvgIpc) is 2.66. The molecule has 0 spiro atoms. The predicted molar refractivity (Wildman–Crippen MR) is 70.8 cm³/mol. The van der Waals surface area contributed by atoms with E-state index in [1.165, 1.54) is 12.3 Å². The van der Waals surface area contributed by atoms with Crippen LogP contribution in [0.4, 0.5) is 0 Å². The zero-order valence-corrected chi connectivity index (χ0v) is 11.3. The molecule has 1 unspecified atom stereocenters. The molecule has 0 saturated heterocycles. The van der Waals surface area contributed by atoms with Crippen LogP contribution in [-0.2, 0) is 4.79 Å². The highest BCUT2D eigenvalue weighted by Crippen LogP contribution is 2.26. The summed E-state index contributed by atoms with van der Waals surface area (Å²) in [6.45, 7) is 5.41. The Morgan fingerprint density at radius 2 is 2.10 bits per heavy atom. The van der Waals surface area contributed by atoms with E-state index in [0.717, 1.165) is 0 Å². The number of amidine groups is 1. The quantitative estimate of drug-likeness (QED) is 0.752. The van der Waals surface area contributed by atoms with Gasteiger partial charge in [0, 0.05) is 6.20 Å². The second-order valence-electron chi connectivity index (χ2n) is 5.11. The lowest BCUT2D eigenvalue weighted by molar-refractivity contribution is -0.123. The first-order valence-corrected chi connectivity index (χ1v) is 6.10. The number of aromatic carboxylic acids is 1. The molecule has 7 heteroatoms. The first-order valence-electron chi connectivity index (χ1n) is 6.10. The van der Waals surface area contributed by atoms with Gasteiger partial charge in [-0.25, -0.2) is 4.79 Å². The largest absolute Gasteiger partial charge is 0.507 e. The molecule has 7 nitrogen and oxygen atoms in total. The Balaban J connectivity index is 2.51. The molecule has 20 heavy (non-hydrogen) atoms. The molecule has 0 saturated carbocycles. The SMILES string of the molecule is CC(C)C1(C)NC(c2nccc(O)c2C(=O)O)=NC1=O. The lowest BCUT2D eigenvalue weighted by Gasteiger charge is -2.27. The molecule has 1 aliphatic heterocycles. The van der Waals surface area contributed by atoms with E-state index in [2.05, 4.69) is 15.3 Å². The first kappa shape index (κ1) is 14.0. The fourth-order valence-electron chi connectivity index (χ4n) is 1.89. The Hall–Kier alpha value is -2.44. The molecule has 1 amide bonds. The summed E-state index contributed by atoms with van der Waals surface area (Å²) < 4.78 is 0. The van der Waals surface area contributed by atoms with E-state index >= 15 is 0 Å². The summed E-state index contributed by atoms with van der Waals surface area (Å²) in [6, 6.07) is 1.17. The number of amides is 1. The molecule has 2 heterocycles. The van der Waals surface area contributed by atoms with E-state index < -0.39 is 17.3 Å². The van der Waals surface area contributed by atoms with Crippen LogP contribution in [0, 0.1) is 5.92 Å². The lowest BCUT2D eigenvalue weighted by Crippen LogP contribution is -2.50. The van der Waals surface area contributed by atoms with Crippen LogP contribution in [0.1, 0.15) is 36.8 Å². The maximum Gasteiger partial charge on any atom is 0.341 e. The molecular formula is C13H15N3O4. The molecule has 0 radical (unpaired) electrons. The number of carbonyl (C=O) groups is 2. The number of hydrogen-bond acceptors (Lipinski definition) is 5. The number of rotatable bonds is 3. The van der Waals surface area contributed by atoms with Crippen molar-refractivity contribution in [3.05, 3.63) is 23.5 Å². The molecule has 0 fully saturated rings. The number of carboxylic acids is 1. The van der Waals surface area contributed by atoms with Crippen LogP contribution in [0.2, 0.25) is 0 Å². The Morgan fingerprint density at radius 1 is 1.45 bits per heavy atom. The van der Waals surface area contributed by atoms with E-state index in [0.29, 0.717) is 0 Å². The van der Waals surface area contributed by atoms with Crippen LogP contribution in [0.15, 0.2) is 17.3 Å². The molecule has 3 N–H and O–H groups in total. The van der Waals surface area contributed by atoms with Crippen molar-refractivity contribution in [3.63, 3.8) is 0 Å². The normalized spacial score (nSPS) is 21.8. The molecular weight excluding hydrogens is 262 g/mol. The van der Waals surface area contributed by atoms with Gasteiger partial charge in [0.05, 0.1) is 0 Å². The van der Waals surface area contributed by atoms with Crippen molar-refractivity contribution in [2.24, 2.45) is 10.9 Å². The van der Waals surface area contributed by atoms with E-state index in [-0.39, 0.29) is 28.9 Å². The maximum absolute atomic E-state index is 12.0. The van der Waals surface area contributed by atoms with Gasteiger partial charge in [-0.2, -0.15) is 4.99 Å². The van der Waals surface area contributed by atoms with Gasteiger partial charge in [0.1, 0.15) is 22.5 Å². The molecule has 1 atom stereocenters. The number of aromatic nitrogens is 1. The van der Waals surface area contributed by atoms with Gasteiger partial charge in [-0.15, -0.1) is 0 Å². The first-order chi connectivity index (χ1) is 9.27. The molecule has 1 aromatic rings. The van der Waals surface area contributed by atoms with Crippen molar-refractivity contribution in [2.75, 3.05) is 0 Å². The van der Waals surface area contributed by atoms with E-state index in [4.69, 9.17) is 5.11 Å². The second-order valence-corrected chi connectivity index (χ2v) is 5.11. The summed E-state index contributed by atoms with van der Waals surface area (Å²) in [5.41, 5.74) is -1.33. The van der Waals surface area contributed by atoms with Crippen molar-refractivity contribution >= 4 is 17.7 Å². The van der Waals surface area contributed by atoms with Crippen molar-refractivity contribution in [1.82, 2.24) is 10.3 Å². The molecule has 106 valence electrons. The number of nitrogens with zero attached hydrogens (tertiary/aromatic N) is 2. The van der Waals surface area contributed by atoms with Gasteiger partial charge in [0.25, 0.3) is 5.91 Å². The highest BCUT2D eigenvalue weighted by Gasteiger charge is 2.43. The summed E-state index contributed by atoms with van der Waals surface area (Å²) in [7, 11) is 0. The standard InChI is InChI=1S/C13H15N3O4/c1-6(2)13(3)12(20)15-10(16-13)9-8(11(18)19)7(17)4-5-14-9/h4-6H,1-3H3,(H,14,17)(H,18,19)(H,15,16,20). The third kappa shape index (κ3) is 2.01. The number of carbonyl (C=O) groups excluding carboxylic acids is 1. The lowest BCUT2D eigenvalue weighted by atomic mass is 9.88. The molecule has 0 aliphatic carbocycles. The van der Waals surface area contributed by atoms with Gasteiger partial charge in [-0.05, 0) is 18.9 Å². The van der Waals surface area contributed by atoms with Crippen LogP contribution in [-0.4, -0.2) is 38.4 Å². The fourth-order valence-corrected chi connectivity index (χ4v) is 1.89. The average molecular weight is 277 g/mol. The minimum absolute atomic E-state index is 0.0400. The third-order valence-electron chi connectivity index (χ3n) is 3.56. The minimum atomic E-state index is -1.33. The summed E-state index contributed by atoms with van der Waals surface area (Å²) in [5, 5.41) is 21.7. The highest BCUT2D eigenvalue weighted by atomic mass is 16.4. The second kappa shape index (κ2) is 4.59. The van der Waals surface area contributed by atoms with Gasteiger partial charge >= 0.3 is 5.97 Å². The minimum Gasteiger partial charge on any atom is -0.507 e. The van der Waals surface area contributed by atoms with E-state index in [1.807, 2.05) is 13.8 Å². The number of aromatic hydroxyl groups is 1. The Labute approximate surface area is 115 Å². The number of hydrogen-bond donors (Lipinski definition) is 3. The number of aliphatic imine (C=N–C) groups is 1. The smallest absolute Gasteiger partial charge is 0.341 e. The van der Waals surface area contributed by atoms with Crippen LogP contribution in [0.25, 0.3) is 0 Å². The molecule has 0 bridgehead atoms. The van der Waals surface area contributed by atoms with Crippen molar-refractivity contribution in [1.29, 1.82) is 0 Å². The molecule has 0 aromatic carbocycles. The fraction of sp³-hybridized carbons (Fsp3) is 0.385. The zero-order chi connectivity index (χ0) is 15.1. The molecule has 1 aliphatic rings. The van der Waals surface area contributed by atoms with Gasteiger partial charge in [0.2, 0.25) is 0 Å². The summed E-state index contributed by atoms with van der Waals surface area (Å²) in [5.74, 6) is -2.11. The summed E-state index contributed by atoms with van der Waals surface area (Å²) >= 11 is 0. The van der Waals surface area contributed by atoms with Crippen LogP contribution in [0.5, 0.6) is 5.75 Å². The Bertz CT molecular complexity index is 624. The van der Waals surface area contributed by atoms with Crippen molar-refractivity contribution in [2.45, 2.75) is 26.3 Å². The monoisotopic (exact) mass is 277 g/mol. The van der Waals surface area contributed by atoms with Crippen LogP contribution >= 0.6 is 0 Å². The topological polar surface area (TPSA) is 112 Å². The number of carboxylic acid groups (broad SMARTS) is 1. The number of nitrogens with one attached hydrogen (secondary N) is 1. The molecule has 2 rings (SSSR count). The Morgan fingerprint density at radius 3 is 2.60 bits per heavy atom. The predicted octanol–water partition coefficient (Wildman–Crippen LogP) is 0.776. The van der Waals surface area contributed by atoms with Gasteiger partial charge in [-0.3, -0.25) is 9.78 Å². The van der Waals surface area contributed by atoms with Gasteiger partial charge < -0.3 is 15.5 Å². The highest BCUT2D eigenvalue weighted by molar-refractivity contribution is 6.16. The van der Waals surface area contributed by atoms with Crippen molar-refractivity contribution < 1.29 is 19.8 Å². The van der Waals surface area contributed by atoms with Crippen LogP contribution < -0.4 is 5.32 Å². The summed E-state index contributed by atoms with van der Waals surface area (Å²) in [4.78, 5) is 31.0. The van der Waals surface area contributed by atoms with Crippen molar-refractivity contribution in [3.8, 4) is 5.75 Å². The van der Waals surface area contributed by atoms with Crippen LogP contribution in [0.3, 0.4) is 0 Å². The maximum atomic E-state index is 12.0.